The Hall–Kier alpha value is -2.16. The van der Waals surface area contributed by atoms with Crippen molar-refractivity contribution >= 4 is 11.8 Å². The lowest BCUT2D eigenvalue weighted by atomic mass is 10.00. The molecular weight excluding hydrogens is 345 g/mol. The molecule has 0 aliphatic carbocycles. The lowest BCUT2D eigenvalue weighted by molar-refractivity contribution is -0.141. The molecule has 9 heteroatoms. The smallest absolute Gasteiger partial charge is 0.319 e. The molecule has 26 heavy (non-hydrogen) atoms. The van der Waals surface area contributed by atoms with Gasteiger partial charge in [0.1, 0.15) is 11.4 Å². The number of nitrogens with one attached hydrogen (secondary N) is 2. The molecule has 2 heterocycles. The molecule has 0 aromatic carbocycles. The number of rotatable bonds is 5. The van der Waals surface area contributed by atoms with E-state index in [4.69, 9.17) is 5.73 Å². The molecule has 1 aromatic rings. The van der Waals surface area contributed by atoms with Crippen molar-refractivity contribution in [2.24, 2.45) is 21.6 Å². The van der Waals surface area contributed by atoms with Crippen LogP contribution in [-0.4, -0.2) is 28.6 Å². The molecule has 1 aliphatic heterocycles. The Bertz CT molecular complexity index is 700. The zero-order valence-corrected chi connectivity index (χ0v) is 15.4. The minimum Gasteiger partial charge on any atom is -0.319 e. The van der Waals surface area contributed by atoms with Crippen LogP contribution in [0.4, 0.5) is 13.2 Å². The minimum atomic E-state index is -4.53. The van der Waals surface area contributed by atoms with E-state index in [1.54, 1.807) is 0 Å². The van der Waals surface area contributed by atoms with Crippen molar-refractivity contribution < 1.29 is 13.2 Å². The molecule has 1 aliphatic rings. The Morgan fingerprint density at radius 1 is 1.23 bits per heavy atom. The second kappa shape index (κ2) is 7.61. The predicted molar refractivity (Wildman–Crippen MR) is 95.6 cm³/mol. The molecule has 1 aromatic heterocycles. The summed E-state index contributed by atoms with van der Waals surface area (Å²) in [5, 5.41) is 6.00. The van der Waals surface area contributed by atoms with Crippen LogP contribution in [-0.2, 0) is 6.18 Å². The summed E-state index contributed by atoms with van der Waals surface area (Å²) in [5.74, 6) is -0.712. The first-order valence-electron chi connectivity index (χ1n) is 8.65. The number of alkyl halides is 3. The number of nitrogens with zero attached hydrogens (tertiary/aromatic N) is 3. The molecule has 0 radical (unpaired) electrons. The number of aromatic nitrogens is 1. The number of nitrogens with two attached hydrogens (primary N) is 1. The highest BCUT2D eigenvalue weighted by atomic mass is 19.4. The Morgan fingerprint density at radius 2 is 1.92 bits per heavy atom. The van der Waals surface area contributed by atoms with Gasteiger partial charge in [-0.3, -0.25) is 5.73 Å². The number of halogens is 3. The second-order valence-electron chi connectivity index (χ2n) is 6.49. The zero-order chi connectivity index (χ0) is 19.5. The van der Waals surface area contributed by atoms with Crippen molar-refractivity contribution in [3.63, 3.8) is 0 Å². The van der Waals surface area contributed by atoms with Crippen molar-refractivity contribution in [2.45, 2.75) is 58.5 Å². The lowest BCUT2D eigenvalue weighted by Gasteiger charge is -2.38. The quantitative estimate of drug-likeness (QED) is 0.744. The number of guanidine groups is 1. The number of hydrogen-bond acceptors (Lipinski definition) is 4. The molecule has 0 fully saturated rings. The van der Waals surface area contributed by atoms with Gasteiger partial charge in [0.05, 0.1) is 6.04 Å². The van der Waals surface area contributed by atoms with Gasteiger partial charge in [-0.1, -0.05) is 26.8 Å². The van der Waals surface area contributed by atoms with Gasteiger partial charge in [-0.25, -0.2) is 15.0 Å². The Morgan fingerprint density at radius 3 is 2.50 bits per heavy atom. The third kappa shape index (κ3) is 4.51. The van der Waals surface area contributed by atoms with E-state index in [0.29, 0.717) is 5.96 Å². The monoisotopic (exact) mass is 370 g/mol. The minimum absolute atomic E-state index is 0.0139. The average Bonchev–Trinajstić information content (AvgIpc) is 2.59. The first-order valence-corrected chi connectivity index (χ1v) is 8.65. The zero-order valence-electron chi connectivity index (χ0n) is 15.4. The molecule has 0 bridgehead atoms. The van der Waals surface area contributed by atoms with Gasteiger partial charge in [0.2, 0.25) is 0 Å². The summed E-state index contributed by atoms with van der Waals surface area (Å²) in [6.07, 6.45) is -3.00. The summed E-state index contributed by atoms with van der Waals surface area (Å²) in [6.45, 7) is 7.81. The molecule has 0 amide bonds. The molecule has 4 N–H and O–H groups in total. The van der Waals surface area contributed by atoms with Crippen LogP contribution >= 0.6 is 0 Å². The fraction of sp³-hybridized carbons (Fsp3) is 0.588. The van der Waals surface area contributed by atoms with Crippen LogP contribution in [0.1, 0.15) is 51.9 Å². The highest BCUT2D eigenvalue weighted by molar-refractivity contribution is 6.09. The Kier molecular flexibility index (Phi) is 5.90. The van der Waals surface area contributed by atoms with Crippen LogP contribution in [0.3, 0.4) is 0 Å². The van der Waals surface area contributed by atoms with Crippen LogP contribution < -0.4 is 16.4 Å². The highest BCUT2D eigenvalue weighted by Gasteiger charge is 2.37. The second-order valence-corrected chi connectivity index (χ2v) is 6.49. The van der Waals surface area contributed by atoms with E-state index in [1.807, 2.05) is 27.7 Å². The van der Waals surface area contributed by atoms with Gasteiger partial charge in [0.15, 0.2) is 17.6 Å². The standard InChI is InChI=1S/C17H25F3N6/c1-5-10(3)17(21)25-14(24-15(26-17)22-11(4)6-2)12-8-7-9-13(23-12)16(18,19)20/h7-11H,5-6,21H2,1-4H3,(H2,22,24,25,26)/t10-,11+,17?/m1/s1. The maximum absolute atomic E-state index is 13.0. The van der Waals surface area contributed by atoms with Crippen molar-refractivity contribution in [1.29, 1.82) is 0 Å². The maximum Gasteiger partial charge on any atom is 0.433 e. The molecule has 1 unspecified atom stereocenters. The van der Waals surface area contributed by atoms with Gasteiger partial charge >= 0.3 is 6.18 Å². The van der Waals surface area contributed by atoms with Gasteiger partial charge < -0.3 is 10.6 Å². The van der Waals surface area contributed by atoms with Crippen LogP contribution in [0.25, 0.3) is 0 Å². The maximum atomic E-state index is 13.0. The van der Waals surface area contributed by atoms with Crippen LogP contribution in [0.2, 0.25) is 0 Å². The largest absolute Gasteiger partial charge is 0.433 e. The summed E-state index contributed by atoms with van der Waals surface area (Å²) in [6, 6.07) is 3.69. The number of aliphatic imine (C=N–C) groups is 2. The van der Waals surface area contributed by atoms with Crippen LogP contribution in [0, 0.1) is 5.92 Å². The van der Waals surface area contributed by atoms with Crippen LogP contribution in [0.5, 0.6) is 0 Å². The molecular formula is C17H25F3N6. The first-order chi connectivity index (χ1) is 12.1. The fourth-order valence-electron chi connectivity index (χ4n) is 2.34. The van der Waals surface area contributed by atoms with Gasteiger partial charge in [0, 0.05) is 5.92 Å². The topological polar surface area (TPSA) is 87.7 Å². The first kappa shape index (κ1) is 20.2. The Labute approximate surface area is 151 Å². The van der Waals surface area contributed by atoms with E-state index in [-0.39, 0.29) is 23.5 Å². The lowest BCUT2D eigenvalue weighted by Crippen LogP contribution is -2.66. The van der Waals surface area contributed by atoms with Gasteiger partial charge in [0.25, 0.3) is 0 Å². The normalized spacial score (nSPS) is 24.5. The molecule has 144 valence electrons. The fourth-order valence-corrected chi connectivity index (χ4v) is 2.34. The third-order valence-electron chi connectivity index (χ3n) is 4.44. The van der Waals surface area contributed by atoms with E-state index in [1.165, 1.54) is 12.1 Å². The van der Waals surface area contributed by atoms with Gasteiger partial charge in [-0.2, -0.15) is 13.2 Å². The SMILES string of the molecule is CC[C@@H](C)C1(N)N=C(c2cccc(C(F)(F)F)n2)NC(=N[C@@H](C)CC)N1. The molecule has 0 spiro atoms. The summed E-state index contributed by atoms with van der Waals surface area (Å²) >= 11 is 0. The Balaban J connectivity index is 2.49. The number of hydrogen-bond donors (Lipinski definition) is 3. The molecule has 3 atom stereocenters. The summed E-state index contributed by atoms with van der Waals surface area (Å²) in [7, 11) is 0. The molecule has 2 rings (SSSR count). The molecule has 6 nitrogen and oxygen atoms in total. The summed E-state index contributed by atoms with van der Waals surface area (Å²) in [4.78, 5) is 12.6. The third-order valence-corrected chi connectivity index (χ3v) is 4.44. The molecule has 0 saturated carbocycles. The highest BCUT2D eigenvalue weighted by Crippen LogP contribution is 2.28. The van der Waals surface area contributed by atoms with E-state index < -0.39 is 17.7 Å². The summed E-state index contributed by atoms with van der Waals surface area (Å²) in [5.41, 5.74) is 5.49. The predicted octanol–water partition coefficient (Wildman–Crippen LogP) is 2.85. The van der Waals surface area contributed by atoms with Crippen molar-refractivity contribution in [1.82, 2.24) is 15.6 Å². The van der Waals surface area contributed by atoms with E-state index in [9.17, 15) is 13.2 Å². The van der Waals surface area contributed by atoms with E-state index >= 15 is 0 Å². The van der Waals surface area contributed by atoms with Crippen molar-refractivity contribution in [3.8, 4) is 0 Å². The van der Waals surface area contributed by atoms with E-state index in [0.717, 1.165) is 18.9 Å². The van der Waals surface area contributed by atoms with Crippen molar-refractivity contribution in [2.75, 3.05) is 0 Å². The van der Waals surface area contributed by atoms with Gasteiger partial charge in [-0.05, 0) is 31.9 Å². The van der Waals surface area contributed by atoms with E-state index in [2.05, 4.69) is 25.6 Å². The molecule has 0 saturated heterocycles. The summed E-state index contributed by atoms with van der Waals surface area (Å²) < 4.78 is 38.9. The number of pyridine rings is 1. The van der Waals surface area contributed by atoms with Crippen molar-refractivity contribution in [3.05, 3.63) is 29.6 Å². The average molecular weight is 370 g/mol. The number of amidine groups is 1. The van der Waals surface area contributed by atoms with Gasteiger partial charge in [-0.15, -0.1) is 0 Å². The van der Waals surface area contributed by atoms with Crippen LogP contribution in [0.15, 0.2) is 28.2 Å².